The van der Waals surface area contributed by atoms with Crippen molar-refractivity contribution >= 4 is 17.5 Å². The maximum atomic E-state index is 12.3. The lowest BCUT2D eigenvalue weighted by atomic mass is 10.0. The highest BCUT2D eigenvalue weighted by molar-refractivity contribution is 6.04. The topological polar surface area (TPSA) is 71.0 Å². The third kappa shape index (κ3) is 3.58. The van der Waals surface area contributed by atoms with E-state index < -0.39 is 12.1 Å². The summed E-state index contributed by atoms with van der Waals surface area (Å²) in [6.45, 7) is 5.29. The number of hydrogen-bond acceptors (Lipinski definition) is 4. The monoisotopic (exact) mass is 329 g/mol. The first-order valence-electron chi connectivity index (χ1n) is 8.43. The van der Waals surface area contributed by atoms with Gasteiger partial charge in [-0.3, -0.25) is 9.59 Å². The van der Waals surface area contributed by atoms with Gasteiger partial charge in [0.25, 0.3) is 5.91 Å². The summed E-state index contributed by atoms with van der Waals surface area (Å²) in [7, 11) is 0. The van der Waals surface area contributed by atoms with Crippen molar-refractivity contribution in [2.75, 3.05) is 13.1 Å². The smallest absolute Gasteiger partial charge is 0.264 e. The van der Waals surface area contributed by atoms with Crippen LogP contribution in [0.15, 0.2) is 29.4 Å². The van der Waals surface area contributed by atoms with Gasteiger partial charge < -0.3 is 15.1 Å². The molecule has 1 aromatic rings. The Morgan fingerprint density at radius 3 is 2.58 bits per heavy atom. The van der Waals surface area contributed by atoms with Crippen LogP contribution in [0, 0.1) is 6.92 Å². The van der Waals surface area contributed by atoms with Crippen molar-refractivity contribution in [1.29, 1.82) is 0 Å². The number of likely N-dealkylation sites (tertiary alicyclic amines) is 1. The van der Waals surface area contributed by atoms with Crippen LogP contribution in [0.2, 0.25) is 0 Å². The molecule has 6 heteroatoms. The second-order valence-electron chi connectivity index (χ2n) is 6.46. The van der Waals surface area contributed by atoms with Gasteiger partial charge in [0.1, 0.15) is 6.04 Å². The number of nitrogens with zero attached hydrogens (tertiary/aromatic N) is 2. The third-order valence-electron chi connectivity index (χ3n) is 4.49. The van der Waals surface area contributed by atoms with E-state index in [1.54, 1.807) is 11.8 Å². The van der Waals surface area contributed by atoms with Gasteiger partial charge in [0.2, 0.25) is 12.0 Å². The number of benzene rings is 1. The van der Waals surface area contributed by atoms with E-state index in [-0.39, 0.29) is 11.8 Å². The molecule has 1 aromatic carbocycles. The lowest BCUT2D eigenvalue weighted by Crippen LogP contribution is -2.48. The van der Waals surface area contributed by atoms with E-state index in [2.05, 4.69) is 10.5 Å². The van der Waals surface area contributed by atoms with E-state index in [0.29, 0.717) is 6.42 Å². The summed E-state index contributed by atoms with van der Waals surface area (Å²) in [6, 6.07) is 7.40. The number of oxime groups is 1. The Balaban J connectivity index is 1.53. The number of carbonyl (C=O) groups excluding carboxylic acids is 2. The molecule has 6 nitrogen and oxygen atoms in total. The van der Waals surface area contributed by atoms with Gasteiger partial charge in [0.05, 0.1) is 5.71 Å². The van der Waals surface area contributed by atoms with Crippen molar-refractivity contribution in [2.24, 2.45) is 5.16 Å². The molecule has 24 heavy (non-hydrogen) atoms. The number of hydrogen-bond donors (Lipinski definition) is 1. The maximum Gasteiger partial charge on any atom is 0.264 e. The molecule has 2 aliphatic rings. The summed E-state index contributed by atoms with van der Waals surface area (Å²) < 4.78 is 0. The van der Waals surface area contributed by atoms with E-state index in [9.17, 15) is 9.59 Å². The zero-order chi connectivity index (χ0) is 17.1. The summed E-state index contributed by atoms with van der Waals surface area (Å²) in [6.07, 6.45) is 1.81. The second kappa shape index (κ2) is 7.03. The zero-order valence-electron chi connectivity index (χ0n) is 14.1. The largest absolute Gasteiger partial charge is 0.382 e. The molecular weight excluding hydrogens is 306 g/mol. The van der Waals surface area contributed by atoms with Gasteiger partial charge >= 0.3 is 0 Å². The Hall–Kier alpha value is -2.37. The van der Waals surface area contributed by atoms with Crippen LogP contribution in [0.4, 0.5) is 0 Å². The number of amides is 2. The van der Waals surface area contributed by atoms with Gasteiger partial charge in [-0.25, -0.2) is 0 Å². The lowest BCUT2D eigenvalue weighted by molar-refractivity contribution is -0.138. The van der Waals surface area contributed by atoms with Crippen molar-refractivity contribution in [3.63, 3.8) is 0 Å². The minimum absolute atomic E-state index is 0.0291. The van der Waals surface area contributed by atoms with Gasteiger partial charge in [0.15, 0.2) is 0 Å². The molecule has 2 aliphatic heterocycles. The molecule has 0 bridgehead atoms. The average Bonchev–Trinajstić information content (AvgIpc) is 3.26. The third-order valence-corrected chi connectivity index (χ3v) is 4.49. The molecule has 2 amide bonds. The van der Waals surface area contributed by atoms with Crippen LogP contribution in [0.3, 0.4) is 0 Å². The van der Waals surface area contributed by atoms with E-state index in [0.717, 1.165) is 37.2 Å². The Morgan fingerprint density at radius 2 is 1.92 bits per heavy atom. The van der Waals surface area contributed by atoms with E-state index >= 15 is 0 Å². The molecule has 1 saturated heterocycles. The van der Waals surface area contributed by atoms with Crippen LogP contribution >= 0.6 is 0 Å². The molecule has 0 aromatic heterocycles. The van der Waals surface area contributed by atoms with Crippen LogP contribution in [0.5, 0.6) is 0 Å². The van der Waals surface area contributed by atoms with Crippen molar-refractivity contribution in [3.8, 4) is 0 Å². The molecule has 3 rings (SSSR count). The molecule has 0 aliphatic carbocycles. The van der Waals surface area contributed by atoms with Crippen molar-refractivity contribution in [3.05, 3.63) is 35.4 Å². The second-order valence-corrected chi connectivity index (χ2v) is 6.46. The normalized spacial score (nSPS) is 21.2. The van der Waals surface area contributed by atoms with E-state index in [1.165, 1.54) is 5.56 Å². The molecule has 128 valence electrons. The van der Waals surface area contributed by atoms with E-state index in [1.807, 2.05) is 31.2 Å². The fourth-order valence-corrected chi connectivity index (χ4v) is 3.01. The van der Waals surface area contributed by atoms with Gasteiger partial charge in [-0.05, 0) is 32.3 Å². The predicted octanol–water partition coefficient (Wildman–Crippen LogP) is 1.62. The molecule has 1 N–H and O–H groups in total. The quantitative estimate of drug-likeness (QED) is 0.912. The van der Waals surface area contributed by atoms with Crippen LogP contribution in [-0.4, -0.2) is 47.7 Å². The number of nitrogens with one attached hydrogen (secondary N) is 1. The fourth-order valence-electron chi connectivity index (χ4n) is 3.01. The van der Waals surface area contributed by atoms with Crippen LogP contribution < -0.4 is 5.32 Å². The molecule has 1 fully saturated rings. The van der Waals surface area contributed by atoms with Crippen LogP contribution in [-0.2, 0) is 14.4 Å². The Bertz CT molecular complexity index is 648. The van der Waals surface area contributed by atoms with Crippen LogP contribution in [0.25, 0.3) is 0 Å². The Kier molecular flexibility index (Phi) is 4.83. The van der Waals surface area contributed by atoms with Crippen molar-refractivity contribution in [1.82, 2.24) is 10.2 Å². The number of aryl methyl sites for hydroxylation is 1. The van der Waals surface area contributed by atoms with E-state index in [4.69, 9.17) is 4.84 Å². The molecule has 2 atom stereocenters. The minimum atomic E-state index is -0.671. The summed E-state index contributed by atoms with van der Waals surface area (Å²) in [5, 5.41) is 6.78. The Morgan fingerprint density at radius 1 is 1.25 bits per heavy atom. The highest BCUT2D eigenvalue weighted by atomic mass is 16.6. The summed E-state index contributed by atoms with van der Waals surface area (Å²) in [5.41, 5.74) is 2.88. The standard InChI is InChI=1S/C18H23N3O3/c1-12-5-7-14(8-6-12)15-11-16(24-20-15)17(22)19-13(2)18(23)21-9-3-4-10-21/h5-8,13,16H,3-4,9-11H2,1-2H3,(H,19,22)/t13-,16-/m0/s1. The highest BCUT2D eigenvalue weighted by Crippen LogP contribution is 2.18. The predicted molar refractivity (Wildman–Crippen MR) is 90.6 cm³/mol. The molecule has 0 spiro atoms. The van der Waals surface area contributed by atoms with Crippen molar-refractivity contribution < 1.29 is 14.4 Å². The van der Waals surface area contributed by atoms with Crippen LogP contribution in [0.1, 0.15) is 37.3 Å². The first kappa shape index (κ1) is 16.5. The summed E-state index contributed by atoms with van der Waals surface area (Å²) in [5.74, 6) is -0.320. The van der Waals surface area contributed by atoms with Gasteiger partial charge in [0, 0.05) is 19.5 Å². The number of rotatable bonds is 4. The average molecular weight is 329 g/mol. The maximum absolute atomic E-state index is 12.3. The van der Waals surface area contributed by atoms with Crippen molar-refractivity contribution in [2.45, 2.75) is 45.3 Å². The Labute approximate surface area is 141 Å². The SMILES string of the molecule is Cc1ccc(C2=NO[C@H](C(=O)N[C@@H](C)C(=O)N3CCCC3)C2)cc1. The first-order valence-corrected chi connectivity index (χ1v) is 8.43. The fraction of sp³-hybridized carbons (Fsp3) is 0.500. The highest BCUT2D eigenvalue weighted by Gasteiger charge is 2.32. The number of carbonyl (C=O) groups is 2. The summed E-state index contributed by atoms with van der Waals surface area (Å²) >= 11 is 0. The lowest BCUT2D eigenvalue weighted by Gasteiger charge is -2.21. The van der Waals surface area contributed by atoms with Gasteiger partial charge in [-0.2, -0.15) is 0 Å². The van der Waals surface area contributed by atoms with Gasteiger partial charge in [-0.15, -0.1) is 0 Å². The molecule has 0 unspecified atom stereocenters. The first-order chi connectivity index (χ1) is 11.5. The molecule has 2 heterocycles. The molecular formula is C18H23N3O3. The zero-order valence-corrected chi connectivity index (χ0v) is 14.1. The molecule has 0 saturated carbocycles. The minimum Gasteiger partial charge on any atom is -0.382 e. The molecule has 0 radical (unpaired) electrons. The van der Waals surface area contributed by atoms with Gasteiger partial charge in [-0.1, -0.05) is 35.0 Å². The summed E-state index contributed by atoms with van der Waals surface area (Å²) in [4.78, 5) is 31.7.